The van der Waals surface area contributed by atoms with Gasteiger partial charge < -0.3 is 0 Å². The maximum atomic E-state index is 12.3. The highest BCUT2D eigenvalue weighted by molar-refractivity contribution is 7.99. The fourth-order valence-corrected chi connectivity index (χ4v) is 3.82. The normalized spacial score (nSPS) is 11.0. The van der Waals surface area contributed by atoms with Gasteiger partial charge in [-0.05, 0) is 37.3 Å². The summed E-state index contributed by atoms with van der Waals surface area (Å²) in [6, 6.07) is 17.7. The molecule has 0 aliphatic heterocycles. The Morgan fingerprint density at radius 3 is 2.59 bits per heavy atom. The molecule has 0 spiro atoms. The van der Waals surface area contributed by atoms with Crippen LogP contribution in [0.1, 0.15) is 11.1 Å². The third-order valence-electron chi connectivity index (χ3n) is 4.72. The zero-order chi connectivity index (χ0) is 23.9. The predicted octanol–water partition coefficient (Wildman–Crippen LogP) is 3.79. The minimum atomic E-state index is -0.503. The van der Waals surface area contributed by atoms with Crippen LogP contribution >= 0.6 is 11.8 Å². The highest BCUT2D eigenvalue weighted by atomic mass is 32.2. The number of hydrazone groups is 1. The molecule has 0 atom stereocenters. The van der Waals surface area contributed by atoms with Gasteiger partial charge in [0.15, 0.2) is 11.0 Å². The molecule has 0 saturated heterocycles. The topological polar surface area (TPSA) is 128 Å². The Balaban J connectivity index is 1.50. The molecule has 2 aromatic heterocycles. The summed E-state index contributed by atoms with van der Waals surface area (Å²) in [4.78, 5) is 27.0. The zero-order valence-corrected chi connectivity index (χ0v) is 18.8. The molecule has 0 fully saturated rings. The first-order valence-corrected chi connectivity index (χ1v) is 11.1. The van der Waals surface area contributed by atoms with Crippen LogP contribution in [0, 0.1) is 17.0 Å². The highest BCUT2D eigenvalue weighted by Gasteiger charge is 2.17. The number of thioether (sulfide) groups is 1. The summed E-state index contributed by atoms with van der Waals surface area (Å²) in [6.45, 7) is 2.00. The Kier molecular flexibility index (Phi) is 7.04. The van der Waals surface area contributed by atoms with Crippen molar-refractivity contribution in [3.8, 4) is 17.1 Å². The lowest BCUT2D eigenvalue weighted by Gasteiger charge is -2.10. The zero-order valence-electron chi connectivity index (χ0n) is 18.0. The summed E-state index contributed by atoms with van der Waals surface area (Å²) < 4.78 is 1.88. The number of hydrogen-bond acceptors (Lipinski definition) is 8. The molecule has 4 rings (SSSR count). The first kappa shape index (κ1) is 22.8. The van der Waals surface area contributed by atoms with E-state index in [9.17, 15) is 14.9 Å². The standard InChI is InChI=1S/C23H19N7O3S/c1-16-6-8-19(9-7-16)29-22(17-10-12-24-13-11-17)27-28-23(29)34-15-21(31)26-25-14-18-4-2-3-5-20(18)30(32)33/h2-14H,15H2,1H3,(H,26,31). The summed E-state index contributed by atoms with van der Waals surface area (Å²) in [7, 11) is 0. The lowest BCUT2D eigenvalue weighted by molar-refractivity contribution is -0.385. The molecule has 1 amide bonds. The largest absolute Gasteiger partial charge is 0.278 e. The number of benzene rings is 2. The van der Waals surface area contributed by atoms with Crippen LogP contribution in [0.2, 0.25) is 0 Å². The minimum Gasteiger partial charge on any atom is -0.272 e. The van der Waals surface area contributed by atoms with Gasteiger partial charge in [-0.3, -0.25) is 24.5 Å². The van der Waals surface area contributed by atoms with Crippen LogP contribution in [0.4, 0.5) is 5.69 Å². The maximum absolute atomic E-state index is 12.3. The second kappa shape index (κ2) is 10.5. The molecule has 0 saturated carbocycles. The quantitative estimate of drug-likeness (QED) is 0.178. The lowest BCUT2D eigenvalue weighted by atomic mass is 10.2. The van der Waals surface area contributed by atoms with Gasteiger partial charge >= 0.3 is 0 Å². The monoisotopic (exact) mass is 473 g/mol. The van der Waals surface area contributed by atoms with Crippen molar-refractivity contribution in [3.05, 3.63) is 94.3 Å². The van der Waals surface area contributed by atoms with Crippen LogP contribution in [0.25, 0.3) is 17.1 Å². The van der Waals surface area contributed by atoms with Crippen LogP contribution in [-0.2, 0) is 4.79 Å². The molecule has 2 aromatic carbocycles. The molecule has 11 heteroatoms. The first-order valence-electron chi connectivity index (χ1n) is 10.1. The molecule has 2 heterocycles. The van der Waals surface area contributed by atoms with Crippen molar-refractivity contribution >= 4 is 29.6 Å². The Morgan fingerprint density at radius 2 is 1.85 bits per heavy atom. The fourth-order valence-electron chi connectivity index (χ4n) is 3.08. The van der Waals surface area contributed by atoms with Gasteiger partial charge in [0.1, 0.15) is 0 Å². The van der Waals surface area contributed by atoms with Crippen molar-refractivity contribution in [2.45, 2.75) is 12.1 Å². The van der Waals surface area contributed by atoms with E-state index < -0.39 is 4.92 Å². The van der Waals surface area contributed by atoms with Gasteiger partial charge in [-0.25, -0.2) is 5.43 Å². The summed E-state index contributed by atoms with van der Waals surface area (Å²) in [5, 5.41) is 24.1. The minimum absolute atomic E-state index is 0.0224. The number of amides is 1. The van der Waals surface area contributed by atoms with Gasteiger partial charge in [0.25, 0.3) is 11.6 Å². The molecule has 0 unspecified atom stereocenters. The summed E-state index contributed by atoms with van der Waals surface area (Å²) in [5.41, 5.74) is 5.41. The maximum Gasteiger partial charge on any atom is 0.278 e. The van der Waals surface area contributed by atoms with Gasteiger partial charge in [0.2, 0.25) is 0 Å². The van der Waals surface area contributed by atoms with Crippen LogP contribution in [0.3, 0.4) is 0 Å². The second-order valence-electron chi connectivity index (χ2n) is 7.11. The van der Waals surface area contributed by atoms with Crippen molar-refractivity contribution in [1.82, 2.24) is 25.2 Å². The molecule has 0 bridgehead atoms. The SMILES string of the molecule is Cc1ccc(-n2c(SCC(=O)NN=Cc3ccccc3[N+](=O)[O-])nnc2-c2ccncc2)cc1. The molecular formula is C23H19N7O3S. The van der Waals surface area contributed by atoms with Crippen molar-refractivity contribution in [3.63, 3.8) is 0 Å². The smallest absolute Gasteiger partial charge is 0.272 e. The van der Waals surface area contributed by atoms with E-state index in [2.05, 4.69) is 25.7 Å². The first-order chi connectivity index (χ1) is 16.5. The van der Waals surface area contributed by atoms with E-state index in [-0.39, 0.29) is 17.3 Å². The summed E-state index contributed by atoms with van der Waals surface area (Å²) in [5.74, 6) is 0.265. The number of nitrogens with one attached hydrogen (secondary N) is 1. The van der Waals surface area contributed by atoms with Crippen molar-refractivity contribution in [1.29, 1.82) is 0 Å². The average Bonchev–Trinajstić information content (AvgIpc) is 3.28. The number of nitro groups is 1. The van der Waals surface area contributed by atoms with Crippen molar-refractivity contribution in [2.24, 2.45) is 5.10 Å². The van der Waals surface area contributed by atoms with Crippen LogP contribution < -0.4 is 5.43 Å². The number of carbonyl (C=O) groups is 1. The van der Waals surface area contributed by atoms with E-state index in [4.69, 9.17) is 0 Å². The Morgan fingerprint density at radius 1 is 1.12 bits per heavy atom. The molecule has 0 aliphatic rings. The van der Waals surface area contributed by atoms with E-state index in [1.165, 1.54) is 24.0 Å². The van der Waals surface area contributed by atoms with E-state index in [1.54, 1.807) is 30.6 Å². The number of carbonyl (C=O) groups excluding carboxylic acids is 1. The lowest BCUT2D eigenvalue weighted by Crippen LogP contribution is -2.20. The molecule has 34 heavy (non-hydrogen) atoms. The average molecular weight is 474 g/mol. The number of aryl methyl sites for hydroxylation is 1. The third kappa shape index (κ3) is 5.33. The number of nitro benzene ring substituents is 1. The van der Waals surface area contributed by atoms with E-state index in [1.807, 2.05) is 47.9 Å². The predicted molar refractivity (Wildman–Crippen MR) is 129 cm³/mol. The Labute approximate surface area is 198 Å². The van der Waals surface area contributed by atoms with Gasteiger partial charge in [-0.2, -0.15) is 5.10 Å². The number of nitrogens with zero attached hydrogens (tertiary/aromatic N) is 6. The second-order valence-corrected chi connectivity index (χ2v) is 8.05. The molecule has 1 N–H and O–H groups in total. The number of aromatic nitrogens is 4. The molecule has 0 aliphatic carbocycles. The summed E-state index contributed by atoms with van der Waals surface area (Å²) >= 11 is 1.20. The third-order valence-corrected chi connectivity index (χ3v) is 5.65. The van der Waals surface area contributed by atoms with Gasteiger partial charge in [-0.15, -0.1) is 10.2 Å². The number of rotatable bonds is 8. The molecular weight excluding hydrogens is 454 g/mol. The summed E-state index contributed by atoms with van der Waals surface area (Å²) in [6.07, 6.45) is 4.61. The fraction of sp³-hybridized carbons (Fsp3) is 0.0870. The van der Waals surface area contributed by atoms with Crippen molar-refractivity contribution < 1.29 is 9.72 Å². The number of para-hydroxylation sites is 1. The number of hydrogen-bond donors (Lipinski definition) is 1. The van der Waals surface area contributed by atoms with E-state index in [0.717, 1.165) is 16.8 Å². The van der Waals surface area contributed by atoms with Crippen LogP contribution in [0.5, 0.6) is 0 Å². The van der Waals surface area contributed by atoms with Gasteiger partial charge in [0, 0.05) is 29.7 Å². The van der Waals surface area contributed by atoms with Crippen LogP contribution in [-0.4, -0.2) is 42.5 Å². The van der Waals surface area contributed by atoms with Gasteiger partial charge in [0.05, 0.1) is 22.5 Å². The molecule has 4 aromatic rings. The Bertz CT molecular complexity index is 1340. The molecule has 0 radical (unpaired) electrons. The molecule has 170 valence electrons. The van der Waals surface area contributed by atoms with E-state index in [0.29, 0.717) is 16.5 Å². The van der Waals surface area contributed by atoms with Gasteiger partial charge in [-0.1, -0.05) is 41.6 Å². The highest BCUT2D eigenvalue weighted by Crippen LogP contribution is 2.27. The van der Waals surface area contributed by atoms with Crippen LogP contribution in [0.15, 0.2) is 83.3 Å². The Hall–Kier alpha value is -4.38. The molecule has 10 nitrogen and oxygen atoms in total. The van der Waals surface area contributed by atoms with Crippen molar-refractivity contribution in [2.75, 3.05) is 5.75 Å². The van der Waals surface area contributed by atoms with E-state index >= 15 is 0 Å². The number of pyridine rings is 1.